The molecule has 1 N–H and O–H groups in total. The minimum atomic E-state index is 0.660. The monoisotopic (exact) mass is 248 g/mol. The first kappa shape index (κ1) is 13.1. The lowest BCUT2D eigenvalue weighted by Gasteiger charge is -2.23. The molecule has 0 radical (unpaired) electrons. The number of nitrogens with one attached hydrogen (secondary N) is 1. The van der Waals surface area contributed by atoms with Crippen LogP contribution < -0.4 is 5.32 Å². The number of aromatic nitrogens is 2. The van der Waals surface area contributed by atoms with Crippen LogP contribution in [0.3, 0.4) is 0 Å². The molecule has 0 aliphatic carbocycles. The molecule has 4 nitrogen and oxygen atoms in total. The third kappa shape index (κ3) is 2.93. The number of rotatable bonds is 6. The van der Waals surface area contributed by atoms with E-state index in [-0.39, 0.29) is 0 Å². The van der Waals surface area contributed by atoms with Crippen LogP contribution in [0.2, 0.25) is 0 Å². The van der Waals surface area contributed by atoms with Crippen LogP contribution in [0.15, 0.2) is 18.9 Å². The molecule has 0 bridgehead atoms. The molecule has 0 aromatic carbocycles. The highest BCUT2D eigenvalue weighted by Gasteiger charge is 2.23. The van der Waals surface area contributed by atoms with E-state index < -0.39 is 0 Å². The van der Waals surface area contributed by atoms with Gasteiger partial charge in [-0.25, -0.2) is 4.98 Å². The van der Waals surface area contributed by atoms with Gasteiger partial charge in [-0.2, -0.15) is 0 Å². The predicted octanol–water partition coefficient (Wildman–Crippen LogP) is 2.27. The first-order valence-corrected chi connectivity index (χ1v) is 6.87. The number of anilines is 1. The van der Waals surface area contributed by atoms with E-state index in [1.807, 2.05) is 13.0 Å². The van der Waals surface area contributed by atoms with Crippen LogP contribution in [0.25, 0.3) is 0 Å². The Bertz CT molecular complexity index is 396. The number of nitrogens with zero attached hydrogens (tertiary/aromatic N) is 3. The van der Waals surface area contributed by atoms with Gasteiger partial charge < -0.3 is 9.88 Å². The van der Waals surface area contributed by atoms with E-state index in [2.05, 4.69) is 39.5 Å². The summed E-state index contributed by atoms with van der Waals surface area (Å²) in [5, 5.41) is 3.31. The van der Waals surface area contributed by atoms with Gasteiger partial charge in [0, 0.05) is 25.3 Å². The maximum absolute atomic E-state index is 4.53. The number of aryl methyl sites for hydroxylation is 1. The number of imidazole rings is 1. The summed E-state index contributed by atoms with van der Waals surface area (Å²) in [6, 6.07) is 0.660. The Morgan fingerprint density at radius 3 is 3.17 bits per heavy atom. The molecule has 1 saturated heterocycles. The van der Waals surface area contributed by atoms with Crippen molar-refractivity contribution in [3.8, 4) is 0 Å². The van der Waals surface area contributed by atoms with E-state index in [9.17, 15) is 0 Å². The highest BCUT2D eigenvalue weighted by molar-refractivity contribution is 5.29. The average Bonchev–Trinajstić information content (AvgIpc) is 2.94. The Hall–Kier alpha value is -1.29. The predicted molar refractivity (Wildman–Crippen MR) is 75.9 cm³/mol. The van der Waals surface area contributed by atoms with Crippen LogP contribution in [0.5, 0.6) is 0 Å². The number of hydrogen-bond acceptors (Lipinski definition) is 3. The fourth-order valence-electron chi connectivity index (χ4n) is 2.74. The van der Waals surface area contributed by atoms with Crippen molar-refractivity contribution in [1.82, 2.24) is 14.5 Å². The summed E-state index contributed by atoms with van der Waals surface area (Å²) in [7, 11) is 0. The molecule has 1 aromatic heterocycles. The van der Waals surface area contributed by atoms with Crippen molar-refractivity contribution in [2.75, 3.05) is 25.0 Å². The molecule has 1 aliphatic heterocycles. The molecule has 18 heavy (non-hydrogen) atoms. The van der Waals surface area contributed by atoms with Gasteiger partial charge in [0.2, 0.25) is 5.95 Å². The Labute approximate surface area is 110 Å². The Morgan fingerprint density at radius 1 is 1.61 bits per heavy atom. The molecule has 4 heteroatoms. The summed E-state index contributed by atoms with van der Waals surface area (Å²) in [5.74, 6) is 0.968. The molecule has 1 aromatic rings. The molecular weight excluding hydrogens is 224 g/mol. The van der Waals surface area contributed by atoms with Crippen molar-refractivity contribution in [3.63, 3.8) is 0 Å². The van der Waals surface area contributed by atoms with Crippen LogP contribution in [0.4, 0.5) is 5.95 Å². The maximum atomic E-state index is 4.53. The van der Waals surface area contributed by atoms with Gasteiger partial charge in [0.1, 0.15) is 0 Å². The van der Waals surface area contributed by atoms with Gasteiger partial charge in [0.05, 0.1) is 5.69 Å². The second kappa shape index (κ2) is 6.05. The Morgan fingerprint density at radius 2 is 2.44 bits per heavy atom. The minimum absolute atomic E-state index is 0.660. The van der Waals surface area contributed by atoms with Gasteiger partial charge >= 0.3 is 0 Å². The van der Waals surface area contributed by atoms with Crippen molar-refractivity contribution in [2.45, 2.75) is 39.3 Å². The number of likely N-dealkylation sites (N-methyl/N-ethyl adjacent to an activating group) is 1. The molecule has 0 amide bonds. The second-order valence-electron chi connectivity index (χ2n) is 4.95. The van der Waals surface area contributed by atoms with Gasteiger partial charge in [0.15, 0.2) is 0 Å². The van der Waals surface area contributed by atoms with E-state index in [1.165, 1.54) is 19.4 Å². The first-order chi connectivity index (χ1) is 8.74. The maximum Gasteiger partial charge on any atom is 0.203 e. The minimum Gasteiger partial charge on any atom is -0.352 e. The van der Waals surface area contributed by atoms with Crippen LogP contribution >= 0.6 is 0 Å². The molecule has 0 spiro atoms. The smallest absolute Gasteiger partial charge is 0.203 e. The van der Waals surface area contributed by atoms with Gasteiger partial charge in [-0.3, -0.25) is 4.90 Å². The summed E-state index contributed by atoms with van der Waals surface area (Å²) in [5.41, 5.74) is 1.07. The fraction of sp³-hybridized carbons (Fsp3) is 0.643. The molecule has 0 saturated carbocycles. The van der Waals surface area contributed by atoms with Gasteiger partial charge in [-0.05, 0) is 32.9 Å². The average molecular weight is 248 g/mol. The molecular formula is C14H24N4. The quantitative estimate of drug-likeness (QED) is 0.784. The Balaban J connectivity index is 2.05. The van der Waals surface area contributed by atoms with Gasteiger partial charge in [-0.1, -0.05) is 13.0 Å². The molecule has 1 fully saturated rings. The highest BCUT2D eigenvalue weighted by Crippen LogP contribution is 2.20. The van der Waals surface area contributed by atoms with Crippen LogP contribution in [0.1, 0.15) is 25.5 Å². The van der Waals surface area contributed by atoms with Crippen LogP contribution in [0, 0.1) is 6.92 Å². The van der Waals surface area contributed by atoms with Crippen molar-refractivity contribution in [2.24, 2.45) is 0 Å². The summed E-state index contributed by atoms with van der Waals surface area (Å²) in [4.78, 5) is 7.09. The topological polar surface area (TPSA) is 33.1 Å². The lowest BCUT2D eigenvalue weighted by Crippen LogP contribution is -2.32. The molecule has 1 unspecified atom stereocenters. The van der Waals surface area contributed by atoms with E-state index in [0.717, 1.165) is 31.3 Å². The standard InChI is InChI=1S/C14H24N4/c1-4-8-15-14-16-12(3)10-18(14)11-13-7-6-9-17(13)5-2/h4,10,13H,1,5-9,11H2,2-3H3,(H,15,16). The van der Waals surface area contributed by atoms with Crippen molar-refractivity contribution >= 4 is 5.95 Å². The summed E-state index contributed by atoms with van der Waals surface area (Å²) < 4.78 is 2.25. The lowest BCUT2D eigenvalue weighted by atomic mass is 10.2. The van der Waals surface area contributed by atoms with E-state index >= 15 is 0 Å². The zero-order valence-electron chi connectivity index (χ0n) is 11.5. The van der Waals surface area contributed by atoms with Crippen LogP contribution in [-0.2, 0) is 6.54 Å². The highest BCUT2D eigenvalue weighted by atomic mass is 15.2. The van der Waals surface area contributed by atoms with E-state index in [4.69, 9.17) is 0 Å². The third-order valence-corrected chi connectivity index (χ3v) is 3.61. The van der Waals surface area contributed by atoms with E-state index in [0.29, 0.717) is 6.04 Å². The van der Waals surface area contributed by atoms with Gasteiger partial charge in [-0.15, -0.1) is 6.58 Å². The van der Waals surface area contributed by atoms with Gasteiger partial charge in [0.25, 0.3) is 0 Å². The fourth-order valence-corrected chi connectivity index (χ4v) is 2.74. The lowest BCUT2D eigenvalue weighted by molar-refractivity contribution is 0.245. The molecule has 2 heterocycles. The molecule has 1 aliphatic rings. The molecule has 100 valence electrons. The molecule has 1 atom stereocenters. The third-order valence-electron chi connectivity index (χ3n) is 3.61. The van der Waals surface area contributed by atoms with E-state index in [1.54, 1.807) is 0 Å². The normalized spacial score (nSPS) is 20.2. The summed E-state index contributed by atoms with van der Waals surface area (Å²) >= 11 is 0. The zero-order chi connectivity index (χ0) is 13.0. The number of hydrogen-bond donors (Lipinski definition) is 1. The van der Waals surface area contributed by atoms with Crippen LogP contribution in [-0.4, -0.2) is 40.1 Å². The first-order valence-electron chi connectivity index (χ1n) is 6.87. The summed E-state index contributed by atoms with van der Waals surface area (Å²) in [6.07, 6.45) is 6.62. The van der Waals surface area contributed by atoms with Crippen molar-refractivity contribution in [3.05, 3.63) is 24.5 Å². The Kier molecular flexibility index (Phi) is 4.42. The van der Waals surface area contributed by atoms with Crippen molar-refractivity contribution < 1.29 is 0 Å². The number of likely N-dealkylation sites (tertiary alicyclic amines) is 1. The second-order valence-corrected chi connectivity index (χ2v) is 4.95. The SMILES string of the molecule is C=CCNc1nc(C)cn1CC1CCCN1CC. The largest absolute Gasteiger partial charge is 0.352 e. The van der Waals surface area contributed by atoms with Crippen molar-refractivity contribution in [1.29, 1.82) is 0 Å². The zero-order valence-corrected chi connectivity index (χ0v) is 11.5. The molecule has 2 rings (SSSR count). The summed E-state index contributed by atoms with van der Waals surface area (Å²) in [6.45, 7) is 12.2.